The van der Waals surface area contributed by atoms with Gasteiger partial charge in [0.25, 0.3) is 0 Å². The highest BCUT2D eigenvalue weighted by molar-refractivity contribution is 5.87. The third-order valence-electron chi connectivity index (χ3n) is 7.05. The molecule has 2 aliphatic rings. The number of ether oxygens (including phenoxy) is 2. The molecule has 0 unspecified atom stereocenters. The monoisotopic (exact) mass is 545 g/mol. The fourth-order valence-corrected chi connectivity index (χ4v) is 5.01. The van der Waals surface area contributed by atoms with Gasteiger partial charge in [-0.25, -0.2) is 24.7 Å². The van der Waals surface area contributed by atoms with Crippen LogP contribution >= 0.6 is 0 Å². The second-order valence-corrected chi connectivity index (χ2v) is 9.60. The Hall–Kier alpha value is -4.57. The second kappa shape index (κ2) is 9.56. The molecule has 0 aliphatic carbocycles. The minimum Gasteiger partial charge on any atom is -0.479 e. The minimum absolute atomic E-state index is 0.0263. The molecule has 5 N–H and O–H groups in total. The molecule has 0 bridgehead atoms. The number of benzene rings is 1. The molecule has 0 radical (unpaired) electrons. The number of para-hydroxylation sites is 1. The van der Waals surface area contributed by atoms with Crippen molar-refractivity contribution in [3.63, 3.8) is 0 Å². The predicted molar refractivity (Wildman–Crippen MR) is 138 cm³/mol. The van der Waals surface area contributed by atoms with Gasteiger partial charge in [-0.15, -0.1) is 0 Å². The second-order valence-electron chi connectivity index (χ2n) is 9.60. The van der Waals surface area contributed by atoms with Gasteiger partial charge in [-0.3, -0.25) is 4.57 Å². The minimum atomic E-state index is -1.64. The molecule has 0 spiro atoms. The lowest BCUT2D eigenvalue weighted by Gasteiger charge is -2.17. The molecule has 204 valence electrons. The van der Waals surface area contributed by atoms with Gasteiger partial charge in [0, 0.05) is 12.0 Å². The van der Waals surface area contributed by atoms with Gasteiger partial charge in [0.05, 0.1) is 30.2 Å². The lowest BCUT2D eigenvalue weighted by molar-refractivity contribution is -0.155. The molecule has 2 fully saturated rings. The zero-order valence-corrected chi connectivity index (χ0v) is 20.7. The Labute approximate surface area is 224 Å². The smallest absolute Gasteiger partial charge is 0.335 e. The van der Waals surface area contributed by atoms with E-state index in [4.69, 9.17) is 19.4 Å². The maximum absolute atomic E-state index is 11.6. The number of imidazole rings is 1. The van der Waals surface area contributed by atoms with E-state index in [1.807, 2.05) is 36.4 Å². The molecule has 5 aromatic rings. The van der Waals surface area contributed by atoms with E-state index in [9.17, 15) is 20.1 Å². The number of nitrogens with zero attached hydrogens (tertiary/aromatic N) is 7. The van der Waals surface area contributed by atoms with E-state index in [-0.39, 0.29) is 17.5 Å². The Kier molecular flexibility index (Phi) is 5.85. The van der Waals surface area contributed by atoms with Gasteiger partial charge in [0.15, 0.2) is 40.8 Å². The summed E-state index contributed by atoms with van der Waals surface area (Å²) in [5.74, 6) is -0.831. The van der Waals surface area contributed by atoms with E-state index in [1.165, 1.54) is 10.9 Å². The maximum atomic E-state index is 11.6. The predicted octanol–water partition coefficient (Wildman–Crippen LogP) is 0.731. The Morgan fingerprint density at radius 3 is 2.70 bits per heavy atom. The number of aromatic nitrogens is 8. The largest absolute Gasteiger partial charge is 0.479 e. The van der Waals surface area contributed by atoms with Crippen LogP contribution in [0.3, 0.4) is 0 Å². The first-order chi connectivity index (χ1) is 19.5. The number of carbonyl (C=O) groups is 1. The van der Waals surface area contributed by atoms with Crippen molar-refractivity contribution >= 4 is 33.9 Å². The standard InChI is InChI=1S/C25H23N9O6/c35-18-19(36)24(40-20(18)25(37)38)34-10-26-17-22(27-12-7-8-39-9-12)29-21(30-23(17)34)16-15(31-33-32-16)14-6-5-11-3-1-2-4-13(11)28-14/h1-6,10,12,18-20,24,35-36H,7-9H2,(H,37,38)(H,27,29,30)(H,31,32,33)/t12-,18-,19+,20+,24-/m1/s1. The van der Waals surface area contributed by atoms with Crippen molar-refractivity contribution in [3.8, 4) is 22.9 Å². The number of anilines is 1. The molecule has 0 saturated carbocycles. The molecule has 2 saturated heterocycles. The summed E-state index contributed by atoms with van der Waals surface area (Å²) < 4.78 is 12.4. The van der Waals surface area contributed by atoms with Gasteiger partial charge in [-0.2, -0.15) is 15.4 Å². The van der Waals surface area contributed by atoms with Crippen molar-refractivity contribution in [1.82, 2.24) is 39.9 Å². The van der Waals surface area contributed by atoms with Crippen molar-refractivity contribution in [2.45, 2.75) is 37.0 Å². The summed E-state index contributed by atoms with van der Waals surface area (Å²) >= 11 is 0. The Bertz CT molecular complexity index is 1730. The topological polar surface area (TPSA) is 206 Å². The number of carboxylic acids is 1. The third kappa shape index (κ3) is 4.03. The van der Waals surface area contributed by atoms with Gasteiger partial charge in [-0.1, -0.05) is 24.3 Å². The zero-order chi connectivity index (χ0) is 27.4. The molecule has 40 heavy (non-hydrogen) atoms. The summed E-state index contributed by atoms with van der Waals surface area (Å²) in [6, 6.07) is 11.4. The van der Waals surface area contributed by atoms with E-state index >= 15 is 0 Å². The Morgan fingerprint density at radius 1 is 1.05 bits per heavy atom. The first-order valence-corrected chi connectivity index (χ1v) is 12.6. The van der Waals surface area contributed by atoms with Crippen LogP contribution in [0.4, 0.5) is 5.82 Å². The van der Waals surface area contributed by atoms with Crippen molar-refractivity contribution in [1.29, 1.82) is 0 Å². The van der Waals surface area contributed by atoms with Gasteiger partial charge >= 0.3 is 5.97 Å². The summed E-state index contributed by atoms with van der Waals surface area (Å²) in [5.41, 5.74) is 2.67. The van der Waals surface area contributed by atoms with E-state index in [2.05, 4.69) is 30.7 Å². The van der Waals surface area contributed by atoms with E-state index in [0.29, 0.717) is 41.6 Å². The highest BCUT2D eigenvalue weighted by atomic mass is 16.6. The lowest BCUT2D eigenvalue weighted by atomic mass is 10.1. The number of hydrogen-bond donors (Lipinski definition) is 5. The summed E-state index contributed by atoms with van der Waals surface area (Å²) in [5, 5.41) is 45.9. The van der Waals surface area contributed by atoms with Crippen LogP contribution in [0.1, 0.15) is 12.6 Å². The van der Waals surface area contributed by atoms with Crippen LogP contribution in [0.5, 0.6) is 0 Å². The molecular weight excluding hydrogens is 522 g/mol. The molecular formula is C25H23N9O6. The van der Waals surface area contributed by atoms with Gasteiger partial charge < -0.3 is 30.1 Å². The number of rotatable bonds is 6. The van der Waals surface area contributed by atoms with Gasteiger partial charge in [0.2, 0.25) is 0 Å². The molecule has 7 rings (SSSR count). The average Bonchev–Trinajstić information content (AvgIpc) is 3.76. The molecule has 0 amide bonds. The van der Waals surface area contributed by atoms with Gasteiger partial charge in [-0.05, 0) is 18.6 Å². The van der Waals surface area contributed by atoms with Crippen LogP contribution in [0.15, 0.2) is 42.7 Å². The average molecular weight is 546 g/mol. The van der Waals surface area contributed by atoms with Crippen LogP contribution < -0.4 is 5.32 Å². The number of nitrogens with one attached hydrogen (secondary N) is 2. The fourth-order valence-electron chi connectivity index (χ4n) is 5.01. The quantitative estimate of drug-likeness (QED) is 0.200. The highest BCUT2D eigenvalue weighted by Gasteiger charge is 2.48. The summed E-state index contributed by atoms with van der Waals surface area (Å²) in [6.45, 7) is 1.08. The SMILES string of the molecule is O=C(O)[C@H]1O[C@@H](n2cnc3c(N[C@@H]4CCOC4)nc(-c4n[nH]nc4-c4ccc5ccccc5n4)nc32)[C@@H](O)[C@H]1O. The van der Waals surface area contributed by atoms with Crippen LogP contribution in [-0.2, 0) is 14.3 Å². The van der Waals surface area contributed by atoms with E-state index in [0.717, 1.165) is 17.3 Å². The first kappa shape index (κ1) is 24.5. The maximum Gasteiger partial charge on any atom is 0.335 e. The number of H-pyrrole nitrogens is 1. The van der Waals surface area contributed by atoms with Crippen LogP contribution in [0.25, 0.3) is 45.0 Å². The van der Waals surface area contributed by atoms with Crippen molar-refractivity contribution in [3.05, 3.63) is 42.7 Å². The van der Waals surface area contributed by atoms with Gasteiger partial charge in [0.1, 0.15) is 17.9 Å². The Balaban J connectivity index is 1.36. The molecule has 6 heterocycles. The summed E-state index contributed by atoms with van der Waals surface area (Å²) in [6.07, 6.45) is -3.94. The van der Waals surface area contributed by atoms with Crippen molar-refractivity contribution in [2.75, 3.05) is 18.5 Å². The number of aliphatic carboxylic acids is 1. The lowest BCUT2D eigenvalue weighted by Crippen LogP contribution is -2.35. The number of aliphatic hydroxyl groups is 2. The highest BCUT2D eigenvalue weighted by Crippen LogP contribution is 2.35. The van der Waals surface area contributed by atoms with Crippen LogP contribution in [0, 0.1) is 0 Å². The number of aliphatic hydroxyl groups excluding tert-OH is 2. The fraction of sp³-hybridized carbons (Fsp3) is 0.320. The van der Waals surface area contributed by atoms with Crippen LogP contribution in [-0.4, -0.2) is 98.8 Å². The third-order valence-corrected chi connectivity index (χ3v) is 7.05. The number of fused-ring (bicyclic) bond motifs is 2. The van der Waals surface area contributed by atoms with Crippen molar-refractivity contribution in [2.24, 2.45) is 0 Å². The molecule has 5 atom stereocenters. The first-order valence-electron chi connectivity index (χ1n) is 12.6. The normalized spacial score (nSPS) is 24.7. The summed E-state index contributed by atoms with van der Waals surface area (Å²) in [4.78, 5) is 30.1. The molecule has 4 aromatic heterocycles. The molecule has 15 heteroatoms. The van der Waals surface area contributed by atoms with Crippen molar-refractivity contribution < 1.29 is 29.6 Å². The number of hydrogen-bond acceptors (Lipinski definition) is 12. The summed E-state index contributed by atoms with van der Waals surface area (Å²) in [7, 11) is 0. The Morgan fingerprint density at radius 2 is 1.90 bits per heavy atom. The van der Waals surface area contributed by atoms with E-state index < -0.39 is 30.5 Å². The van der Waals surface area contributed by atoms with Crippen LogP contribution in [0.2, 0.25) is 0 Å². The zero-order valence-electron chi connectivity index (χ0n) is 20.7. The molecule has 1 aromatic carbocycles. The molecule has 15 nitrogen and oxygen atoms in total. The van der Waals surface area contributed by atoms with E-state index in [1.54, 1.807) is 0 Å². The number of carboxylic acid groups (broad SMARTS) is 1. The molecule has 2 aliphatic heterocycles. The number of aromatic amines is 1. The number of pyridine rings is 1.